The molecular weight excluding hydrogens is 372 g/mol. The Hall–Kier alpha value is -2.41. The number of hydrogen-bond donors (Lipinski definition) is 2. The van der Waals surface area contributed by atoms with Gasteiger partial charge < -0.3 is 20.0 Å². The molecule has 0 radical (unpaired) electrons. The summed E-state index contributed by atoms with van der Waals surface area (Å²) < 4.78 is 0. The van der Waals surface area contributed by atoms with E-state index in [9.17, 15) is 24.6 Å². The van der Waals surface area contributed by atoms with Gasteiger partial charge in [0, 0.05) is 26.1 Å². The molecule has 2 aliphatic rings. The molecule has 29 heavy (non-hydrogen) atoms. The summed E-state index contributed by atoms with van der Waals surface area (Å²) in [7, 11) is 0. The number of amides is 2. The van der Waals surface area contributed by atoms with E-state index in [2.05, 4.69) is 0 Å². The summed E-state index contributed by atoms with van der Waals surface area (Å²) >= 11 is 0. The van der Waals surface area contributed by atoms with E-state index >= 15 is 0 Å². The van der Waals surface area contributed by atoms with Gasteiger partial charge >= 0.3 is 5.97 Å². The van der Waals surface area contributed by atoms with Crippen LogP contribution in [-0.4, -0.2) is 70.1 Å². The molecule has 2 amide bonds. The largest absolute Gasteiger partial charge is 0.481 e. The normalized spacial score (nSPS) is 25.1. The molecule has 0 aliphatic carbocycles. The van der Waals surface area contributed by atoms with Crippen molar-refractivity contribution in [2.75, 3.05) is 26.2 Å². The highest BCUT2D eigenvalue weighted by Gasteiger charge is 2.49. The summed E-state index contributed by atoms with van der Waals surface area (Å²) in [4.78, 5) is 40.0. The van der Waals surface area contributed by atoms with Gasteiger partial charge in [0.15, 0.2) is 0 Å². The van der Waals surface area contributed by atoms with Gasteiger partial charge in [-0.05, 0) is 44.1 Å². The molecule has 158 valence electrons. The van der Waals surface area contributed by atoms with Crippen LogP contribution in [0.25, 0.3) is 0 Å². The fourth-order valence-electron chi connectivity index (χ4n) is 4.40. The van der Waals surface area contributed by atoms with Gasteiger partial charge in [0.2, 0.25) is 11.8 Å². The topological polar surface area (TPSA) is 98.2 Å². The van der Waals surface area contributed by atoms with Crippen LogP contribution in [0, 0.1) is 5.41 Å². The molecule has 1 aromatic rings. The Morgan fingerprint density at radius 1 is 1.14 bits per heavy atom. The lowest BCUT2D eigenvalue weighted by atomic mass is 9.73. The number of rotatable bonds is 7. The van der Waals surface area contributed by atoms with Crippen LogP contribution >= 0.6 is 0 Å². The number of carbonyl (C=O) groups excluding carboxylic acids is 2. The quantitative estimate of drug-likeness (QED) is 0.723. The van der Waals surface area contributed by atoms with E-state index in [1.165, 1.54) is 4.90 Å². The maximum atomic E-state index is 12.8. The lowest BCUT2D eigenvalue weighted by Crippen LogP contribution is -2.58. The van der Waals surface area contributed by atoms with Gasteiger partial charge in [-0.3, -0.25) is 14.4 Å². The van der Waals surface area contributed by atoms with Crippen LogP contribution in [0.15, 0.2) is 30.3 Å². The molecule has 2 saturated heterocycles. The number of benzene rings is 1. The molecule has 3 rings (SSSR count). The van der Waals surface area contributed by atoms with Gasteiger partial charge in [0.05, 0.1) is 12.6 Å². The summed E-state index contributed by atoms with van der Waals surface area (Å²) in [5.41, 5.74) is -0.246. The average Bonchev–Trinajstić information content (AvgIpc) is 2.71. The average molecular weight is 402 g/mol. The number of aliphatic hydroxyl groups excluding tert-OH is 1. The first-order chi connectivity index (χ1) is 13.9. The number of aliphatic hydroxyl groups is 1. The summed E-state index contributed by atoms with van der Waals surface area (Å²) in [5, 5.41) is 20.5. The van der Waals surface area contributed by atoms with Gasteiger partial charge in [0.25, 0.3) is 0 Å². The van der Waals surface area contributed by atoms with Gasteiger partial charge in [-0.1, -0.05) is 30.3 Å². The Kier molecular flexibility index (Phi) is 6.90. The van der Waals surface area contributed by atoms with Crippen molar-refractivity contribution in [1.82, 2.24) is 9.80 Å². The number of likely N-dealkylation sites (tertiary alicyclic amines) is 2. The molecule has 0 spiro atoms. The molecule has 2 N–H and O–H groups in total. The lowest BCUT2D eigenvalue weighted by Gasteiger charge is -2.44. The van der Waals surface area contributed by atoms with Crippen molar-refractivity contribution < 1.29 is 24.6 Å². The molecule has 0 unspecified atom stereocenters. The van der Waals surface area contributed by atoms with E-state index in [0.29, 0.717) is 32.4 Å². The minimum Gasteiger partial charge on any atom is -0.481 e. The summed E-state index contributed by atoms with van der Waals surface area (Å²) in [6.07, 6.45) is 3.07. The van der Waals surface area contributed by atoms with Crippen LogP contribution in [0.3, 0.4) is 0 Å². The maximum absolute atomic E-state index is 12.8. The SMILES string of the molecule is O=C1CCCCN1CC(=O)N1CC[C@@H](O)[C@](CCCc2ccccc2)(C(=O)O)C1. The fourth-order valence-corrected chi connectivity index (χ4v) is 4.40. The third-order valence-electron chi connectivity index (χ3n) is 6.24. The predicted octanol–water partition coefficient (Wildman–Crippen LogP) is 1.69. The van der Waals surface area contributed by atoms with E-state index in [1.54, 1.807) is 4.90 Å². The number of hydrogen-bond acceptors (Lipinski definition) is 4. The molecule has 2 heterocycles. The van der Waals surface area contributed by atoms with Crippen molar-refractivity contribution in [3.8, 4) is 0 Å². The second-order valence-corrected chi connectivity index (χ2v) is 8.19. The van der Waals surface area contributed by atoms with Crippen LogP contribution in [0.5, 0.6) is 0 Å². The maximum Gasteiger partial charge on any atom is 0.314 e. The smallest absolute Gasteiger partial charge is 0.314 e. The number of aryl methyl sites for hydroxylation is 1. The van der Waals surface area contributed by atoms with Crippen molar-refractivity contribution in [3.63, 3.8) is 0 Å². The summed E-state index contributed by atoms with van der Waals surface area (Å²) in [6.45, 7) is 0.867. The van der Waals surface area contributed by atoms with Crippen LogP contribution in [0.1, 0.15) is 44.1 Å². The Bertz CT molecular complexity index is 738. The minimum atomic E-state index is -1.37. The molecule has 2 fully saturated rings. The zero-order valence-electron chi connectivity index (χ0n) is 16.8. The van der Waals surface area contributed by atoms with Crippen LogP contribution < -0.4 is 0 Å². The van der Waals surface area contributed by atoms with E-state index in [-0.39, 0.29) is 31.3 Å². The van der Waals surface area contributed by atoms with Crippen LogP contribution in [0.2, 0.25) is 0 Å². The van der Waals surface area contributed by atoms with Gasteiger partial charge in [-0.2, -0.15) is 0 Å². The highest BCUT2D eigenvalue weighted by atomic mass is 16.4. The van der Waals surface area contributed by atoms with Crippen molar-refractivity contribution in [2.45, 2.75) is 51.0 Å². The first-order valence-corrected chi connectivity index (χ1v) is 10.4. The van der Waals surface area contributed by atoms with E-state index in [4.69, 9.17) is 0 Å². The fraction of sp³-hybridized carbons (Fsp3) is 0.591. The molecule has 7 nitrogen and oxygen atoms in total. The Labute approximate surface area is 171 Å². The minimum absolute atomic E-state index is 0.00531. The summed E-state index contributed by atoms with van der Waals surface area (Å²) in [6, 6.07) is 9.82. The second-order valence-electron chi connectivity index (χ2n) is 8.19. The highest BCUT2D eigenvalue weighted by Crippen LogP contribution is 2.36. The third-order valence-corrected chi connectivity index (χ3v) is 6.24. The molecule has 1 aromatic carbocycles. The molecule has 2 atom stereocenters. The molecule has 2 aliphatic heterocycles. The first-order valence-electron chi connectivity index (χ1n) is 10.4. The predicted molar refractivity (Wildman–Crippen MR) is 107 cm³/mol. The standard InChI is InChI=1S/C22H30N2O5/c25-18-11-14-24(20(27)15-23-13-5-4-10-19(23)26)16-22(18,21(28)29)12-6-9-17-7-2-1-3-8-17/h1-3,7-8,18,25H,4-6,9-16H2,(H,28,29)/t18-,22-/m1/s1. The number of carboxylic acids is 1. The molecule has 0 bridgehead atoms. The zero-order chi connectivity index (χ0) is 20.9. The lowest BCUT2D eigenvalue weighted by molar-refractivity contribution is -0.167. The van der Waals surface area contributed by atoms with Gasteiger partial charge in [-0.15, -0.1) is 0 Å². The third kappa shape index (κ3) is 4.96. The zero-order valence-corrected chi connectivity index (χ0v) is 16.8. The highest BCUT2D eigenvalue weighted by molar-refractivity contribution is 5.86. The number of carboxylic acid groups (broad SMARTS) is 1. The first kappa shape index (κ1) is 21.3. The molecule has 0 saturated carbocycles. The van der Waals surface area contributed by atoms with Gasteiger partial charge in [-0.25, -0.2) is 0 Å². The Morgan fingerprint density at radius 3 is 2.59 bits per heavy atom. The van der Waals surface area contributed by atoms with Crippen molar-refractivity contribution in [1.29, 1.82) is 0 Å². The van der Waals surface area contributed by atoms with Crippen LogP contribution in [0.4, 0.5) is 0 Å². The molecular formula is C22H30N2O5. The monoisotopic (exact) mass is 402 g/mol. The Balaban J connectivity index is 1.64. The van der Waals surface area contributed by atoms with Crippen molar-refractivity contribution >= 4 is 17.8 Å². The van der Waals surface area contributed by atoms with Gasteiger partial charge in [0.1, 0.15) is 5.41 Å². The van der Waals surface area contributed by atoms with E-state index < -0.39 is 17.5 Å². The van der Waals surface area contributed by atoms with E-state index in [1.807, 2.05) is 30.3 Å². The van der Waals surface area contributed by atoms with E-state index in [0.717, 1.165) is 24.8 Å². The molecule has 0 aromatic heterocycles. The van der Waals surface area contributed by atoms with Crippen molar-refractivity contribution in [3.05, 3.63) is 35.9 Å². The number of aliphatic carboxylic acids is 1. The summed E-state index contributed by atoms with van der Waals surface area (Å²) in [5.74, 6) is -1.32. The number of nitrogens with zero attached hydrogens (tertiary/aromatic N) is 2. The molecule has 7 heteroatoms. The second kappa shape index (κ2) is 9.39. The number of carbonyl (C=O) groups is 3. The number of piperidine rings is 2. The Morgan fingerprint density at radius 2 is 1.90 bits per heavy atom. The van der Waals surface area contributed by atoms with Crippen molar-refractivity contribution in [2.24, 2.45) is 5.41 Å². The van der Waals surface area contributed by atoms with Crippen LogP contribution in [-0.2, 0) is 20.8 Å².